The molecule has 1 rings (SSSR count). The van der Waals surface area contributed by atoms with Crippen LogP contribution < -0.4 is 10.1 Å². The van der Waals surface area contributed by atoms with Crippen molar-refractivity contribution >= 4 is 0 Å². The summed E-state index contributed by atoms with van der Waals surface area (Å²) in [5.74, 6) is 0.834. The summed E-state index contributed by atoms with van der Waals surface area (Å²) < 4.78 is 9.90. The van der Waals surface area contributed by atoms with Gasteiger partial charge in [0.1, 0.15) is 11.5 Å². The molecule has 0 aliphatic rings. The van der Waals surface area contributed by atoms with E-state index < -0.39 is 6.10 Å². The quantitative estimate of drug-likeness (QED) is 0.666. The number of rotatable bonds is 8. The maximum atomic E-state index is 9.90. The van der Waals surface area contributed by atoms with Gasteiger partial charge in [0, 0.05) is 24.8 Å². The van der Waals surface area contributed by atoms with Crippen molar-refractivity contribution < 1.29 is 19.7 Å². The average Bonchev–Trinajstić information content (AvgIpc) is 2.38. The highest BCUT2D eigenvalue weighted by Gasteiger charge is 2.11. The number of nitrogens with one attached hydrogen (secondary N) is 1. The van der Waals surface area contributed by atoms with Crippen LogP contribution in [0, 0.1) is 0 Å². The van der Waals surface area contributed by atoms with Crippen LogP contribution in [0.25, 0.3) is 0 Å². The highest BCUT2D eigenvalue weighted by Crippen LogP contribution is 2.28. The van der Waals surface area contributed by atoms with Crippen LogP contribution in [0.2, 0.25) is 0 Å². The predicted molar refractivity (Wildman–Crippen MR) is 73.6 cm³/mol. The van der Waals surface area contributed by atoms with E-state index in [0.717, 1.165) is 5.56 Å². The maximum absolute atomic E-state index is 9.90. The molecule has 2 unspecified atom stereocenters. The van der Waals surface area contributed by atoms with E-state index in [1.165, 1.54) is 0 Å². The number of methoxy groups -OCH3 is 2. The number of hydrogen-bond donors (Lipinski definition) is 3. The van der Waals surface area contributed by atoms with Crippen LogP contribution in [0.15, 0.2) is 18.2 Å². The van der Waals surface area contributed by atoms with Crippen molar-refractivity contribution in [2.75, 3.05) is 27.4 Å². The molecule has 0 amide bonds. The fraction of sp³-hybridized carbons (Fsp3) is 0.571. The Morgan fingerprint density at radius 3 is 2.63 bits per heavy atom. The second-order valence-corrected chi connectivity index (χ2v) is 4.50. The first-order chi connectivity index (χ1) is 9.08. The average molecular weight is 269 g/mol. The van der Waals surface area contributed by atoms with Gasteiger partial charge < -0.3 is 25.0 Å². The molecule has 5 heteroatoms. The summed E-state index contributed by atoms with van der Waals surface area (Å²) >= 11 is 0. The van der Waals surface area contributed by atoms with Crippen molar-refractivity contribution in [1.29, 1.82) is 0 Å². The van der Waals surface area contributed by atoms with E-state index in [9.17, 15) is 10.2 Å². The van der Waals surface area contributed by atoms with E-state index in [-0.39, 0.29) is 11.8 Å². The van der Waals surface area contributed by atoms with Crippen LogP contribution in [0.1, 0.15) is 24.9 Å². The summed E-state index contributed by atoms with van der Waals surface area (Å²) in [6.45, 7) is 2.95. The third kappa shape index (κ3) is 5.06. The molecule has 19 heavy (non-hydrogen) atoms. The van der Waals surface area contributed by atoms with E-state index in [4.69, 9.17) is 9.47 Å². The third-order valence-electron chi connectivity index (χ3n) is 2.99. The summed E-state index contributed by atoms with van der Waals surface area (Å²) in [6.07, 6.45) is 0.143. The van der Waals surface area contributed by atoms with Crippen molar-refractivity contribution in [2.24, 2.45) is 0 Å². The lowest BCUT2D eigenvalue weighted by atomic mass is 10.1. The molecule has 0 bridgehead atoms. The lowest BCUT2D eigenvalue weighted by Gasteiger charge is -2.17. The zero-order valence-electron chi connectivity index (χ0n) is 11.7. The number of aliphatic hydroxyl groups excluding tert-OH is 1. The van der Waals surface area contributed by atoms with Crippen molar-refractivity contribution in [1.82, 2.24) is 5.32 Å². The van der Waals surface area contributed by atoms with Gasteiger partial charge in [-0.05, 0) is 26.0 Å². The van der Waals surface area contributed by atoms with Gasteiger partial charge in [0.05, 0.1) is 19.8 Å². The standard InChI is InChI=1S/C14H23NO4/c1-10(15-7-6-11(16)9-18-2)13-5-4-12(19-3)8-14(13)17/h4-5,8,10-11,15-17H,6-7,9H2,1-3H3. The molecule has 0 radical (unpaired) electrons. The number of phenols is 1. The van der Waals surface area contributed by atoms with Gasteiger partial charge in [-0.25, -0.2) is 0 Å². The topological polar surface area (TPSA) is 71.0 Å². The highest BCUT2D eigenvalue weighted by molar-refractivity contribution is 5.41. The minimum absolute atomic E-state index is 0.000603. The fourth-order valence-electron chi connectivity index (χ4n) is 1.87. The highest BCUT2D eigenvalue weighted by atomic mass is 16.5. The second-order valence-electron chi connectivity index (χ2n) is 4.50. The summed E-state index contributed by atoms with van der Waals surface area (Å²) in [5.41, 5.74) is 0.807. The summed E-state index contributed by atoms with van der Waals surface area (Å²) in [4.78, 5) is 0. The molecule has 3 N–H and O–H groups in total. The van der Waals surface area contributed by atoms with Crippen LogP contribution in [0.5, 0.6) is 11.5 Å². The second kappa shape index (κ2) is 7.99. The molecule has 0 aliphatic heterocycles. The first-order valence-electron chi connectivity index (χ1n) is 6.35. The smallest absolute Gasteiger partial charge is 0.124 e. The van der Waals surface area contributed by atoms with Crippen molar-refractivity contribution in [2.45, 2.75) is 25.5 Å². The van der Waals surface area contributed by atoms with Crippen molar-refractivity contribution in [3.8, 4) is 11.5 Å². The zero-order valence-corrected chi connectivity index (χ0v) is 11.7. The molecule has 0 saturated heterocycles. The largest absolute Gasteiger partial charge is 0.507 e. The number of phenolic OH excluding ortho intramolecular Hbond substituents is 1. The molecule has 108 valence electrons. The molecule has 0 heterocycles. The first kappa shape index (κ1) is 15.8. The summed E-state index contributed by atoms with van der Waals surface area (Å²) in [5, 5.41) is 22.7. The molecule has 0 aliphatic carbocycles. The van der Waals surface area contributed by atoms with Gasteiger partial charge in [-0.15, -0.1) is 0 Å². The Labute approximate surface area is 114 Å². The van der Waals surface area contributed by atoms with Gasteiger partial charge in [0.2, 0.25) is 0 Å². The van der Waals surface area contributed by atoms with E-state index in [2.05, 4.69) is 5.32 Å². The Morgan fingerprint density at radius 1 is 1.32 bits per heavy atom. The van der Waals surface area contributed by atoms with Crippen LogP contribution >= 0.6 is 0 Å². The summed E-state index contributed by atoms with van der Waals surface area (Å²) in [7, 11) is 3.13. The monoisotopic (exact) mass is 269 g/mol. The van der Waals surface area contributed by atoms with Crippen molar-refractivity contribution in [3.63, 3.8) is 0 Å². The Bertz CT molecular complexity index is 384. The number of benzene rings is 1. The van der Waals surface area contributed by atoms with Gasteiger partial charge in [-0.3, -0.25) is 0 Å². The zero-order chi connectivity index (χ0) is 14.3. The molecule has 2 atom stereocenters. The van der Waals surface area contributed by atoms with Gasteiger partial charge in [0.15, 0.2) is 0 Å². The Hall–Kier alpha value is -1.30. The molecular formula is C14H23NO4. The van der Waals surface area contributed by atoms with Gasteiger partial charge in [0.25, 0.3) is 0 Å². The lowest BCUT2D eigenvalue weighted by Crippen LogP contribution is -2.25. The molecule has 1 aromatic rings. The van der Waals surface area contributed by atoms with E-state index >= 15 is 0 Å². The molecule has 0 fully saturated rings. The van der Waals surface area contributed by atoms with E-state index in [0.29, 0.717) is 25.3 Å². The van der Waals surface area contributed by atoms with Gasteiger partial charge >= 0.3 is 0 Å². The predicted octanol–water partition coefficient (Wildman–Crippen LogP) is 1.45. The van der Waals surface area contributed by atoms with Crippen LogP contribution in [0.4, 0.5) is 0 Å². The SMILES string of the molecule is COCC(O)CCNC(C)c1ccc(OC)cc1O. The van der Waals surface area contributed by atoms with E-state index in [1.807, 2.05) is 19.1 Å². The van der Waals surface area contributed by atoms with Crippen LogP contribution in [-0.2, 0) is 4.74 Å². The van der Waals surface area contributed by atoms with Gasteiger partial charge in [-0.1, -0.05) is 6.07 Å². The third-order valence-corrected chi connectivity index (χ3v) is 2.99. The summed E-state index contributed by atoms with van der Waals surface area (Å²) in [6, 6.07) is 5.23. The Balaban J connectivity index is 2.47. The molecule has 1 aromatic carbocycles. The van der Waals surface area contributed by atoms with Crippen LogP contribution in [0.3, 0.4) is 0 Å². The number of aromatic hydroxyl groups is 1. The molecular weight excluding hydrogens is 246 g/mol. The molecule has 0 saturated carbocycles. The van der Waals surface area contributed by atoms with Crippen molar-refractivity contribution in [3.05, 3.63) is 23.8 Å². The Kier molecular flexibility index (Phi) is 6.62. The molecule has 0 aromatic heterocycles. The minimum Gasteiger partial charge on any atom is -0.507 e. The van der Waals surface area contributed by atoms with E-state index in [1.54, 1.807) is 20.3 Å². The molecule has 0 spiro atoms. The number of aliphatic hydroxyl groups is 1. The lowest BCUT2D eigenvalue weighted by molar-refractivity contribution is 0.0590. The maximum Gasteiger partial charge on any atom is 0.124 e. The first-order valence-corrected chi connectivity index (χ1v) is 6.35. The number of hydrogen-bond acceptors (Lipinski definition) is 5. The molecule has 5 nitrogen and oxygen atoms in total. The normalized spacial score (nSPS) is 14.1. The minimum atomic E-state index is -0.464. The van der Waals surface area contributed by atoms with Crippen LogP contribution in [-0.4, -0.2) is 43.7 Å². The number of ether oxygens (including phenoxy) is 2. The Morgan fingerprint density at radius 2 is 2.05 bits per heavy atom. The fourth-order valence-corrected chi connectivity index (χ4v) is 1.87. The van der Waals surface area contributed by atoms with Gasteiger partial charge in [-0.2, -0.15) is 0 Å².